The van der Waals surface area contributed by atoms with Crippen LogP contribution in [0.2, 0.25) is 0 Å². The second kappa shape index (κ2) is 5.09. The fraction of sp³-hybridized carbons (Fsp3) is 0.846. The van der Waals surface area contributed by atoms with Gasteiger partial charge in [0.25, 0.3) is 0 Å². The minimum atomic E-state index is -0.274. The van der Waals surface area contributed by atoms with Crippen LogP contribution in [-0.2, 0) is 14.3 Å². The molecule has 6 nitrogen and oxygen atoms in total. The second-order valence-electron chi connectivity index (χ2n) is 5.89. The molecule has 19 heavy (non-hydrogen) atoms. The number of carbonyl (C=O) groups is 2. The standard InChI is InChI=1S/C13H23N3O3/c1-9(2)12(18)16-7-13(8-16)6-15(4)10(5-19-13)11(17)14-3/h9-10H,5-8H2,1-4H3,(H,14,17). The molecule has 2 rings (SSSR count). The fourth-order valence-corrected chi connectivity index (χ4v) is 2.80. The predicted octanol–water partition coefficient (Wildman–Crippen LogP) is -0.700. The summed E-state index contributed by atoms with van der Waals surface area (Å²) in [6.45, 7) is 6.15. The number of nitrogens with zero attached hydrogens (tertiary/aromatic N) is 2. The smallest absolute Gasteiger partial charge is 0.239 e. The summed E-state index contributed by atoms with van der Waals surface area (Å²) in [7, 11) is 3.56. The van der Waals surface area contributed by atoms with E-state index in [9.17, 15) is 9.59 Å². The van der Waals surface area contributed by atoms with E-state index in [0.29, 0.717) is 26.2 Å². The molecule has 2 amide bonds. The van der Waals surface area contributed by atoms with Crippen molar-refractivity contribution < 1.29 is 14.3 Å². The molecular formula is C13H23N3O3. The first-order valence-electron chi connectivity index (χ1n) is 6.73. The molecule has 0 bridgehead atoms. The van der Waals surface area contributed by atoms with Gasteiger partial charge in [0.2, 0.25) is 11.8 Å². The lowest BCUT2D eigenvalue weighted by atomic mass is 9.89. The van der Waals surface area contributed by atoms with E-state index in [1.165, 1.54) is 0 Å². The zero-order valence-electron chi connectivity index (χ0n) is 12.1. The minimum absolute atomic E-state index is 0.0215. The summed E-state index contributed by atoms with van der Waals surface area (Å²) in [6, 6.07) is -0.231. The summed E-state index contributed by atoms with van der Waals surface area (Å²) < 4.78 is 5.87. The molecule has 108 valence electrons. The van der Waals surface area contributed by atoms with E-state index >= 15 is 0 Å². The molecule has 0 aromatic heterocycles. The number of ether oxygens (including phenoxy) is 1. The molecule has 1 unspecified atom stereocenters. The van der Waals surface area contributed by atoms with E-state index < -0.39 is 0 Å². The Labute approximate surface area is 114 Å². The molecule has 1 spiro atoms. The molecule has 0 saturated carbocycles. The first kappa shape index (κ1) is 14.3. The molecule has 2 fully saturated rings. The van der Waals surface area contributed by atoms with E-state index in [-0.39, 0.29) is 29.4 Å². The lowest BCUT2D eigenvalue weighted by Crippen LogP contribution is -2.73. The van der Waals surface area contributed by atoms with Crippen molar-refractivity contribution in [2.45, 2.75) is 25.5 Å². The van der Waals surface area contributed by atoms with Gasteiger partial charge >= 0.3 is 0 Å². The quantitative estimate of drug-likeness (QED) is 0.720. The SMILES string of the molecule is CNC(=O)C1COC2(CN(C(=O)C(C)C)C2)CN1C. The van der Waals surface area contributed by atoms with Crippen LogP contribution in [0.3, 0.4) is 0 Å². The molecule has 1 N–H and O–H groups in total. The van der Waals surface area contributed by atoms with Crippen LogP contribution in [0.25, 0.3) is 0 Å². The van der Waals surface area contributed by atoms with Gasteiger partial charge in [0.05, 0.1) is 19.7 Å². The van der Waals surface area contributed by atoms with Crippen molar-refractivity contribution in [3.63, 3.8) is 0 Å². The fourth-order valence-electron chi connectivity index (χ4n) is 2.80. The van der Waals surface area contributed by atoms with Gasteiger partial charge in [-0.25, -0.2) is 0 Å². The number of hydrogen-bond acceptors (Lipinski definition) is 4. The van der Waals surface area contributed by atoms with Crippen LogP contribution in [0.1, 0.15) is 13.8 Å². The highest BCUT2D eigenvalue weighted by Crippen LogP contribution is 2.31. The highest BCUT2D eigenvalue weighted by molar-refractivity contribution is 5.82. The first-order valence-corrected chi connectivity index (χ1v) is 6.73. The Morgan fingerprint density at radius 2 is 1.95 bits per heavy atom. The lowest BCUT2D eigenvalue weighted by Gasteiger charge is -2.55. The zero-order valence-corrected chi connectivity index (χ0v) is 12.1. The Kier molecular flexibility index (Phi) is 3.82. The Balaban J connectivity index is 1.90. The number of morpholine rings is 1. The molecule has 2 saturated heterocycles. The number of carbonyl (C=O) groups excluding carboxylic acids is 2. The van der Waals surface area contributed by atoms with Crippen LogP contribution < -0.4 is 5.32 Å². The van der Waals surface area contributed by atoms with Gasteiger partial charge in [-0.05, 0) is 7.05 Å². The van der Waals surface area contributed by atoms with Gasteiger partial charge in [-0.3, -0.25) is 14.5 Å². The molecule has 0 aliphatic carbocycles. The average molecular weight is 269 g/mol. The summed E-state index contributed by atoms with van der Waals surface area (Å²) in [6.07, 6.45) is 0. The number of amides is 2. The Morgan fingerprint density at radius 1 is 1.32 bits per heavy atom. The highest BCUT2D eigenvalue weighted by atomic mass is 16.5. The van der Waals surface area contributed by atoms with Crippen LogP contribution in [-0.4, -0.2) is 73.6 Å². The molecule has 1 atom stereocenters. The van der Waals surface area contributed by atoms with Gasteiger partial charge in [0, 0.05) is 19.5 Å². The van der Waals surface area contributed by atoms with Crippen molar-refractivity contribution in [2.24, 2.45) is 5.92 Å². The molecule has 6 heteroatoms. The van der Waals surface area contributed by atoms with Gasteiger partial charge in [-0.1, -0.05) is 13.8 Å². The molecule has 2 heterocycles. The number of hydrogen-bond donors (Lipinski definition) is 1. The third-order valence-corrected chi connectivity index (χ3v) is 3.93. The molecule has 0 aromatic carbocycles. The summed E-state index contributed by atoms with van der Waals surface area (Å²) in [4.78, 5) is 27.3. The third kappa shape index (κ3) is 2.60. The van der Waals surface area contributed by atoms with Crippen LogP contribution >= 0.6 is 0 Å². The maximum absolute atomic E-state index is 11.8. The highest BCUT2D eigenvalue weighted by Gasteiger charge is 2.51. The number of likely N-dealkylation sites (tertiary alicyclic amines) is 1. The van der Waals surface area contributed by atoms with Gasteiger partial charge in [-0.15, -0.1) is 0 Å². The van der Waals surface area contributed by atoms with Gasteiger partial charge in [-0.2, -0.15) is 0 Å². The maximum Gasteiger partial charge on any atom is 0.239 e. The summed E-state index contributed by atoms with van der Waals surface area (Å²) in [5, 5.41) is 2.65. The van der Waals surface area contributed by atoms with Crippen molar-refractivity contribution >= 4 is 11.8 Å². The monoisotopic (exact) mass is 269 g/mol. The van der Waals surface area contributed by atoms with Crippen LogP contribution in [0.4, 0.5) is 0 Å². The van der Waals surface area contributed by atoms with Gasteiger partial charge in [0.1, 0.15) is 11.6 Å². The summed E-state index contributed by atoms with van der Waals surface area (Å²) in [5.41, 5.74) is -0.274. The summed E-state index contributed by atoms with van der Waals surface area (Å²) in [5.74, 6) is 0.175. The summed E-state index contributed by atoms with van der Waals surface area (Å²) >= 11 is 0. The van der Waals surface area contributed by atoms with Crippen LogP contribution in [0, 0.1) is 5.92 Å². The molecular weight excluding hydrogens is 246 g/mol. The van der Waals surface area contributed by atoms with Crippen molar-refractivity contribution in [1.29, 1.82) is 0 Å². The van der Waals surface area contributed by atoms with Crippen LogP contribution in [0.15, 0.2) is 0 Å². The predicted molar refractivity (Wildman–Crippen MR) is 70.6 cm³/mol. The Hall–Kier alpha value is -1.14. The van der Waals surface area contributed by atoms with E-state index in [1.54, 1.807) is 7.05 Å². The lowest BCUT2D eigenvalue weighted by molar-refractivity contribution is -0.202. The van der Waals surface area contributed by atoms with Crippen molar-refractivity contribution in [3.8, 4) is 0 Å². The van der Waals surface area contributed by atoms with Gasteiger partial charge in [0.15, 0.2) is 0 Å². The average Bonchev–Trinajstić information content (AvgIpc) is 2.33. The van der Waals surface area contributed by atoms with E-state index in [2.05, 4.69) is 5.32 Å². The normalized spacial score (nSPS) is 26.4. The molecule has 2 aliphatic heterocycles. The largest absolute Gasteiger partial charge is 0.368 e. The maximum atomic E-state index is 11.8. The van der Waals surface area contributed by atoms with Crippen molar-refractivity contribution in [1.82, 2.24) is 15.1 Å². The second-order valence-corrected chi connectivity index (χ2v) is 5.89. The Morgan fingerprint density at radius 3 is 2.42 bits per heavy atom. The number of rotatable bonds is 2. The van der Waals surface area contributed by atoms with E-state index in [0.717, 1.165) is 0 Å². The van der Waals surface area contributed by atoms with E-state index in [1.807, 2.05) is 30.7 Å². The zero-order chi connectivity index (χ0) is 14.2. The molecule has 2 aliphatic rings. The number of likely N-dealkylation sites (N-methyl/N-ethyl adjacent to an activating group) is 2. The minimum Gasteiger partial charge on any atom is -0.368 e. The van der Waals surface area contributed by atoms with E-state index in [4.69, 9.17) is 4.74 Å². The molecule has 0 aromatic rings. The van der Waals surface area contributed by atoms with Gasteiger partial charge < -0.3 is 15.0 Å². The number of nitrogens with one attached hydrogen (secondary N) is 1. The third-order valence-electron chi connectivity index (χ3n) is 3.93. The topological polar surface area (TPSA) is 61.9 Å². The van der Waals surface area contributed by atoms with Crippen molar-refractivity contribution in [2.75, 3.05) is 40.3 Å². The Bertz CT molecular complexity index is 377. The van der Waals surface area contributed by atoms with Crippen LogP contribution in [0.5, 0.6) is 0 Å². The first-order chi connectivity index (χ1) is 8.88. The molecule has 0 radical (unpaired) electrons. The van der Waals surface area contributed by atoms with Crippen molar-refractivity contribution in [3.05, 3.63) is 0 Å².